The van der Waals surface area contributed by atoms with E-state index in [4.69, 9.17) is 0 Å². The quantitative estimate of drug-likeness (QED) is 0.0660. The molecule has 0 spiro atoms. The van der Waals surface area contributed by atoms with Crippen molar-refractivity contribution in [2.45, 2.75) is 252 Å². The molecule has 0 amide bonds. The van der Waals surface area contributed by atoms with E-state index in [0.29, 0.717) is 0 Å². The van der Waals surface area contributed by atoms with Gasteiger partial charge in [-0.1, -0.05) is 304 Å². The van der Waals surface area contributed by atoms with E-state index in [1.54, 1.807) is 37.3 Å². The topological polar surface area (TPSA) is 9.72 Å². The van der Waals surface area contributed by atoms with Crippen LogP contribution in [0.3, 0.4) is 0 Å². The third kappa shape index (κ3) is 37.3. The molecule has 0 unspecified atom stereocenters. The Morgan fingerprint density at radius 2 is 0.811 bits per heavy atom. The van der Waals surface area contributed by atoms with Crippen LogP contribution in [0.2, 0.25) is 83.0 Å². The highest BCUT2D eigenvalue weighted by molar-refractivity contribution is 6.79. The van der Waals surface area contributed by atoms with Crippen molar-refractivity contribution in [1.29, 1.82) is 0 Å². The van der Waals surface area contributed by atoms with Crippen LogP contribution in [0.1, 0.15) is 168 Å². The number of fused-ring (bicyclic) bond motifs is 1. The van der Waals surface area contributed by atoms with Crippen molar-refractivity contribution in [1.82, 2.24) is 4.90 Å². The Morgan fingerprint density at radius 1 is 0.446 bits per heavy atom. The lowest BCUT2D eigenvalue weighted by Crippen LogP contribution is -2.47. The largest absolute Gasteiger partial charge is 0.398 e. The van der Waals surface area contributed by atoms with Gasteiger partial charge in [-0.25, -0.2) is 0 Å². The van der Waals surface area contributed by atoms with E-state index in [2.05, 4.69) is 206 Å². The highest BCUT2D eigenvalue weighted by Crippen LogP contribution is 2.29. The molecule has 2 aromatic rings. The summed E-state index contributed by atoms with van der Waals surface area (Å²) in [4.78, 5) is 5.29. The minimum atomic E-state index is -1.31. The van der Waals surface area contributed by atoms with Crippen molar-refractivity contribution in [2.75, 3.05) is 48.7 Å². The van der Waals surface area contributed by atoms with Gasteiger partial charge in [-0.15, -0.1) is 0 Å². The van der Waals surface area contributed by atoms with Gasteiger partial charge in [0, 0.05) is 31.0 Å². The highest BCUT2D eigenvalue weighted by atomic mass is 28.3. The van der Waals surface area contributed by atoms with E-state index >= 15 is 0 Å². The van der Waals surface area contributed by atoms with E-state index in [9.17, 15) is 0 Å². The van der Waals surface area contributed by atoms with E-state index in [1.165, 1.54) is 134 Å². The van der Waals surface area contributed by atoms with Gasteiger partial charge in [-0.05, 0) is 75.5 Å². The Hall–Kier alpha value is 0.347. The lowest BCUT2D eigenvalue weighted by molar-refractivity contribution is 0.339. The van der Waals surface area contributed by atoms with Crippen LogP contribution in [0.15, 0.2) is 54.6 Å². The first-order valence-corrected chi connectivity index (χ1v) is 45.5. The Labute approximate surface area is 485 Å². The minimum absolute atomic E-state index is 0.367. The van der Waals surface area contributed by atoms with Gasteiger partial charge >= 0.3 is 0 Å². The van der Waals surface area contributed by atoms with E-state index in [1.807, 2.05) is 0 Å². The van der Waals surface area contributed by atoms with Crippen LogP contribution in [0.5, 0.6) is 0 Å². The fraction of sp³-hybridized carbons (Fsp3) is 0.818. The van der Waals surface area contributed by atoms with Crippen molar-refractivity contribution >= 4 is 76.2 Å². The number of hydrogen-bond donors (Lipinski definition) is 0. The predicted molar refractivity (Wildman–Crippen MR) is 353 cm³/mol. The first-order valence-electron chi connectivity index (χ1n) is 32.3. The molecule has 0 N–H and O–H groups in total. The standard InChI is InChI=1S/C12H20NSi.C11H14N.C7H14N.9C4H9.4Al/c1-5-11-13(14(2,3)4)12-9-7-6-8-10-12;1-2-8-12-9-7-10-5-3-4-6-11(10)12;1-2-5-8-6-3-4-7-8;8*1-4(2)3;1-3-4-2;;;;/h6-10H,1,5,11H2,2-4H3;3-6H,1-2,7-9H2;1-7H2;8*4H,1H2,2-3H3;1,3-4H2,2H3;;;;. The van der Waals surface area contributed by atoms with Crippen LogP contribution in [0.25, 0.3) is 0 Å². The molecule has 3 nitrogen and oxygen atoms in total. The molecule has 2 aliphatic heterocycles. The maximum atomic E-state index is 2.73. The summed E-state index contributed by atoms with van der Waals surface area (Å²) >= 11 is -1.89. The number of nitrogens with zero attached hydrogens (tertiary/aromatic N) is 3. The summed E-state index contributed by atoms with van der Waals surface area (Å²) < 4.78 is 2.73. The SMILES string of the molecule is CC(C)[CH2][Al]([CH2]CCN(c1ccccc1)[Si](C)(C)C)[CH2]C(C)C.CC(C)[CH2][Al]([CH2]CCN1CCCC1)[CH2]C(C)C.CC(C)[CH2][Al]([CH2]CCN1CCc2ccccc21)[CH2]C(C)C.CCC[CH2][Al]([CH2]C(C)C)[CH2]C(C)C. The summed E-state index contributed by atoms with van der Waals surface area (Å²) in [6.07, 6.45) is 11.3. The van der Waals surface area contributed by atoms with Gasteiger partial charge in [-0.2, -0.15) is 0 Å². The normalized spacial score (nSPS) is 13.7. The van der Waals surface area contributed by atoms with Crippen molar-refractivity contribution in [3.63, 3.8) is 0 Å². The summed E-state index contributed by atoms with van der Waals surface area (Å²) in [5.41, 5.74) is 4.48. The summed E-state index contributed by atoms with van der Waals surface area (Å²) in [6.45, 7) is 56.0. The maximum Gasteiger partial charge on any atom is 0.262 e. The summed E-state index contributed by atoms with van der Waals surface area (Å²) in [7, 11) is -1.31. The third-order valence-electron chi connectivity index (χ3n) is 15.6. The van der Waals surface area contributed by atoms with Gasteiger partial charge < -0.3 is 14.4 Å². The average Bonchev–Trinajstić information content (AvgIpc) is 3.96. The molecule has 1 saturated heterocycles. The third-order valence-corrected chi connectivity index (χ3v) is 35.5. The van der Waals surface area contributed by atoms with Crippen molar-refractivity contribution in [2.24, 2.45) is 47.3 Å². The smallest absolute Gasteiger partial charge is 0.262 e. The van der Waals surface area contributed by atoms with Crippen LogP contribution in [-0.4, -0.2) is 109 Å². The predicted octanol–water partition coefficient (Wildman–Crippen LogP) is 20.6. The number of anilines is 2. The molecule has 8 heteroatoms. The zero-order valence-electron chi connectivity index (χ0n) is 53.9. The molecular weight excluding hydrogens is 971 g/mol. The van der Waals surface area contributed by atoms with Crippen LogP contribution in [-0.2, 0) is 6.42 Å². The van der Waals surface area contributed by atoms with Gasteiger partial charge in [0.05, 0.1) is 0 Å². The number of likely N-dealkylation sites (tertiary alicyclic amines) is 1. The molecule has 0 saturated carbocycles. The Kier molecular flexibility index (Phi) is 41.3. The monoisotopic (exact) mass is 1100 g/mol. The molecular formula is C66H129Al4N3Si. The lowest BCUT2D eigenvalue weighted by atomic mass is 10.2. The molecule has 0 bridgehead atoms. The van der Waals surface area contributed by atoms with Gasteiger partial charge in [0.1, 0.15) is 8.24 Å². The zero-order valence-corrected chi connectivity index (χ0v) is 59.5. The first kappa shape index (κ1) is 72.4. The molecule has 0 atom stereocenters. The van der Waals surface area contributed by atoms with Crippen LogP contribution in [0, 0.1) is 47.3 Å². The lowest BCUT2D eigenvalue weighted by Gasteiger charge is -2.37. The second-order valence-corrected chi connectivity index (χ2v) is 46.5. The van der Waals surface area contributed by atoms with Gasteiger partial charge in [-0.3, -0.25) is 0 Å². The molecule has 0 aliphatic carbocycles. The van der Waals surface area contributed by atoms with Gasteiger partial charge in [0.2, 0.25) is 0 Å². The molecule has 1 fully saturated rings. The van der Waals surface area contributed by atoms with Crippen LogP contribution < -0.4 is 9.47 Å². The Morgan fingerprint density at radius 3 is 1.20 bits per heavy atom. The number of para-hydroxylation sites is 2. The molecule has 424 valence electrons. The molecule has 74 heavy (non-hydrogen) atoms. The highest BCUT2D eigenvalue weighted by Gasteiger charge is 2.27. The number of hydrogen-bond acceptors (Lipinski definition) is 3. The summed E-state index contributed by atoms with van der Waals surface area (Å²) in [5, 5.41) is 18.6. The minimum Gasteiger partial charge on any atom is -0.398 e. The molecule has 2 heterocycles. The Balaban J connectivity index is 0.000000504. The van der Waals surface area contributed by atoms with Gasteiger partial charge in [0.15, 0.2) is 0 Å². The number of rotatable bonds is 33. The van der Waals surface area contributed by atoms with E-state index in [-0.39, 0.29) is 14.1 Å². The van der Waals surface area contributed by atoms with Crippen molar-refractivity contribution < 1.29 is 0 Å². The second-order valence-electron chi connectivity index (χ2n) is 28.6. The van der Waals surface area contributed by atoms with Crippen molar-refractivity contribution in [3.05, 3.63) is 60.2 Å². The maximum absolute atomic E-state index is 2.73. The zero-order chi connectivity index (χ0) is 55.6. The number of benzene rings is 2. The molecule has 2 aromatic carbocycles. The van der Waals surface area contributed by atoms with E-state index in [0.717, 1.165) is 47.3 Å². The fourth-order valence-corrected chi connectivity index (χ4v) is 31.3. The molecule has 0 radical (unpaired) electrons. The summed E-state index contributed by atoms with van der Waals surface area (Å²) in [6, 6.07) is 20.0. The molecule has 2 aliphatic rings. The Bertz CT molecular complexity index is 1550. The second kappa shape index (κ2) is 42.2. The summed E-state index contributed by atoms with van der Waals surface area (Å²) in [5.74, 6) is 7.29. The fourth-order valence-electron chi connectivity index (χ4n) is 13.0. The number of unbranched alkanes of at least 4 members (excludes halogenated alkanes) is 1. The van der Waals surface area contributed by atoms with Crippen LogP contribution >= 0.6 is 0 Å². The average molecular weight is 1100 g/mol. The molecule has 0 aromatic heterocycles. The van der Waals surface area contributed by atoms with Crippen molar-refractivity contribution in [3.8, 4) is 0 Å². The first-order chi connectivity index (χ1) is 34.9. The van der Waals surface area contributed by atoms with Crippen LogP contribution in [0.4, 0.5) is 11.4 Å². The molecule has 4 rings (SSSR count). The van der Waals surface area contributed by atoms with Gasteiger partial charge in [0.25, 0.3) is 56.6 Å². The van der Waals surface area contributed by atoms with E-state index < -0.39 is 50.7 Å².